The fraction of sp³-hybridized carbons (Fsp3) is 0.571. The van der Waals surface area contributed by atoms with Gasteiger partial charge in [-0.25, -0.2) is 4.98 Å². The Kier molecular flexibility index (Phi) is 4.75. The van der Waals surface area contributed by atoms with E-state index in [1.807, 2.05) is 6.07 Å². The van der Waals surface area contributed by atoms with Gasteiger partial charge in [0.05, 0.1) is 10.7 Å². The van der Waals surface area contributed by atoms with Crippen molar-refractivity contribution in [1.82, 2.24) is 14.8 Å². The van der Waals surface area contributed by atoms with Crippen LogP contribution in [0, 0.1) is 11.3 Å². The molecule has 3 aliphatic rings. The van der Waals surface area contributed by atoms with Crippen molar-refractivity contribution in [3.8, 4) is 6.07 Å². The molecule has 29 heavy (non-hydrogen) atoms. The Balaban J connectivity index is 1.20. The van der Waals surface area contributed by atoms with Gasteiger partial charge < -0.3 is 14.6 Å². The SMILES string of the molecule is CC(=O)N1C[C@@H]2C[C@H]1CN2C1CCC(Nc2ncc3oc(C#N)cc3c2Br)CC1. The van der Waals surface area contributed by atoms with Gasteiger partial charge in [0.25, 0.3) is 0 Å². The van der Waals surface area contributed by atoms with Crippen molar-refractivity contribution in [1.29, 1.82) is 5.26 Å². The van der Waals surface area contributed by atoms with Gasteiger partial charge in [0, 0.05) is 55.6 Å². The highest BCUT2D eigenvalue weighted by Gasteiger charge is 2.46. The van der Waals surface area contributed by atoms with Gasteiger partial charge in [0.1, 0.15) is 11.9 Å². The molecule has 7 nitrogen and oxygen atoms in total. The number of pyridine rings is 1. The maximum Gasteiger partial charge on any atom is 0.219 e. The minimum absolute atomic E-state index is 0.222. The number of hydrogen-bond donors (Lipinski definition) is 1. The summed E-state index contributed by atoms with van der Waals surface area (Å²) in [5.41, 5.74) is 0.617. The lowest BCUT2D eigenvalue weighted by Gasteiger charge is -2.41. The summed E-state index contributed by atoms with van der Waals surface area (Å²) in [5.74, 6) is 1.33. The fourth-order valence-corrected chi connectivity index (χ4v) is 5.94. The normalized spacial score (nSPS) is 29.3. The lowest BCUT2D eigenvalue weighted by atomic mass is 9.89. The number of nitriles is 1. The van der Waals surface area contributed by atoms with E-state index in [1.165, 1.54) is 12.8 Å². The Morgan fingerprint density at radius 1 is 1.28 bits per heavy atom. The molecule has 0 unspecified atom stereocenters. The van der Waals surface area contributed by atoms with Crippen molar-refractivity contribution >= 4 is 38.6 Å². The van der Waals surface area contributed by atoms with E-state index in [1.54, 1.807) is 19.2 Å². The number of anilines is 1. The predicted molar refractivity (Wildman–Crippen MR) is 112 cm³/mol. The maximum absolute atomic E-state index is 11.7. The van der Waals surface area contributed by atoms with Crippen LogP contribution in [-0.2, 0) is 4.79 Å². The number of amides is 1. The quantitative estimate of drug-likeness (QED) is 0.758. The van der Waals surface area contributed by atoms with Crippen molar-refractivity contribution in [2.75, 3.05) is 18.4 Å². The summed E-state index contributed by atoms with van der Waals surface area (Å²) in [7, 11) is 0. The number of hydrogen-bond acceptors (Lipinski definition) is 6. The van der Waals surface area contributed by atoms with E-state index in [9.17, 15) is 4.79 Å². The van der Waals surface area contributed by atoms with E-state index < -0.39 is 0 Å². The van der Waals surface area contributed by atoms with Crippen LogP contribution >= 0.6 is 15.9 Å². The average molecular weight is 458 g/mol. The van der Waals surface area contributed by atoms with Gasteiger partial charge in [0.15, 0.2) is 5.58 Å². The number of piperazine rings is 1. The first-order valence-electron chi connectivity index (χ1n) is 10.3. The van der Waals surface area contributed by atoms with Crippen LogP contribution in [0.5, 0.6) is 0 Å². The van der Waals surface area contributed by atoms with E-state index >= 15 is 0 Å². The molecule has 2 atom stereocenters. The van der Waals surface area contributed by atoms with E-state index in [0.717, 1.165) is 48.0 Å². The molecule has 0 aromatic carbocycles. The first kappa shape index (κ1) is 18.9. The molecule has 1 N–H and O–H groups in total. The van der Waals surface area contributed by atoms with Crippen molar-refractivity contribution in [3.63, 3.8) is 0 Å². The Morgan fingerprint density at radius 2 is 2.07 bits per heavy atom. The van der Waals surface area contributed by atoms with Gasteiger partial charge in [-0.3, -0.25) is 9.69 Å². The third kappa shape index (κ3) is 3.30. The molecule has 2 aromatic rings. The standard InChI is InChI=1S/C21H24BrN5O2/c1-12(28)26-10-16-6-15(26)11-27(16)14-4-2-13(3-5-14)25-21-20(22)18-7-17(8-23)29-19(18)9-24-21/h7,9,13-16H,2-6,10-11H2,1H3,(H,24,25)/t13?,14?,15-,16-/m0/s1. The summed E-state index contributed by atoms with van der Waals surface area (Å²) < 4.78 is 6.30. The number of furan rings is 1. The molecule has 1 aliphatic carbocycles. The summed E-state index contributed by atoms with van der Waals surface area (Å²) in [5, 5.41) is 13.5. The predicted octanol–water partition coefficient (Wildman–Crippen LogP) is 3.49. The van der Waals surface area contributed by atoms with Crippen LogP contribution in [0.2, 0.25) is 0 Å². The van der Waals surface area contributed by atoms with E-state index in [-0.39, 0.29) is 5.91 Å². The number of likely N-dealkylation sites (tertiary alicyclic amines) is 2. The molecule has 5 rings (SSSR count). The van der Waals surface area contributed by atoms with Crippen LogP contribution in [0.4, 0.5) is 5.82 Å². The number of nitrogens with one attached hydrogen (secondary N) is 1. The number of fused-ring (bicyclic) bond motifs is 3. The fourth-order valence-electron chi connectivity index (χ4n) is 5.41. The maximum atomic E-state index is 11.7. The molecular formula is C21H24BrN5O2. The number of carbonyl (C=O) groups is 1. The molecule has 2 aromatic heterocycles. The molecule has 152 valence electrons. The smallest absolute Gasteiger partial charge is 0.219 e. The minimum Gasteiger partial charge on any atom is -0.444 e. The zero-order valence-corrected chi connectivity index (χ0v) is 18.0. The monoisotopic (exact) mass is 457 g/mol. The minimum atomic E-state index is 0.222. The Bertz CT molecular complexity index is 991. The number of halogens is 1. The molecule has 1 amide bonds. The Hall–Kier alpha value is -2.11. The zero-order chi connectivity index (χ0) is 20.1. The first-order valence-corrected chi connectivity index (χ1v) is 11.1. The van der Waals surface area contributed by atoms with Crippen molar-refractivity contribution < 1.29 is 9.21 Å². The lowest BCUT2D eigenvalue weighted by Crippen LogP contribution is -2.52. The van der Waals surface area contributed by atoms with Crippen LogP contribution in [-0.4, -0.2) is 57.9 Å². The van der Waals surface area contributed by atoms with Crippen molar-refractivity contribution in [3.05, 3.63) is 22.5 Å². The van der Waals surface area contributed by atoms with Gasteiger partial charge in [-0.15, -0.1) is 0 Å². The molecule has 4 heterocycles. The highest BCUT2D eigenvalue weighted by atomic mass is 79.9. The Morgan fingerprint density at radius 3 is 2.72 bits per heavy atom. The molecule has 2 saturated heterocycles. The van der Waals surface area contributed by atoms with E-state index in [2.05, 4.69) is 36.0 Å². The highest BCUT2D eigenvalue weighted by molar-refractivity contribution is 9.10. The Labute approximate surface area is 178 Å². The second kappa shape index (κ2) is 7.29. The van der Waals surface area contributed by atoms with Crippen molar-refractivity contribution in [2.24, 2.45) is 0 Å². The average Bonchev–Trinajstić information content (AvgIpc) is 3.44. The largest absolute Gasteiger partial charge is 0.444 e. The molecule has 2 aliphatic heterocycles. The third-order valence-electron chi connectivity index (χ3n) is 6.82. The molecule has 1 saturated carbocycles. The van der Waals surface area contributed by atoms with Gasteiger partial charge in [-0.05, 0) is 48.0 Å². The van der Waals surface area contributed by atoms with Gasteiger partial charge >= 0.3 is 0 Å². The molecule has 2 bridgehead atoms. The number of aromatic nitrogens is 1. The molecular weight excluding hydrogens is 434 g/mol. The van der Waals surface area contributed by atoms with E-state index in [4.69, 9.17) is 9.68 Å². The number of nitrogens with zero attached hydrogens (tertiary/aromatic N) is 4. The molecule has 3 fully saturated rings. The summed E-state index contributed by atoms with van der Waals surface area (Å²) in [6.45, 7) is 3.64. The number of rotatable bonds is 3. The summed E-state index contributed by atoms with van der Waals surface area (Å²) >= 11 is 3.62. The van der Waals surface area contributed by atoms with Crippen molar-refractivity contribution in [2.45, 2.75) is 63.2 Å². The lowest BCUT2D eigenvalue weighted by molar-refractivity contribution is -0.131. The second-order valence-electron chi connectivity index (χ2n) is 8.48. The van der Waals surface area contributed by atoms with Gasteiger partial charge in [-0.1, -0.05) is 0 Å². The highest BCUT2D eigenvalue weighted by Crippen LogP contribution is 2.37. The zero-order valence-electron chi connectivity index (χ0n) is 16.4. The summed E-state index contributed by atoms with van der Waals surface area (Å²) in [6, 6.07) is 5.77. The second-order valence-corrected chi connectivity index (χ2v) is 9.28. The topological polar surface area (TPSA) is 85.4 Å². The molecule has 0 spiro atoms. The van der Waals surface area contributed by atoms with Crippen LogP contribution in [0.1, 0.15) is 44.8 Å². The summed E-state index contributed by atoms with van der Waals surface area (Å²) in [4.78, 5) is 20.9. The summed E-state index contributed by atoms with van der Waals surface area (Å²) in [6.07, 6.45) is 7.38. The van der Waals surface area contributed by atoms with Gasteiger partial charge in [-0.2, -0.15) is 5.26 Å². The molecule has 0 radical (unpaired) electrons. The molecule has 8 heteroatoms. The first-order chi connectivity index (χ1) is 14.0. The van der Waals surface area contributed by atoms with E-state index in [0.29, 0.717) is 35.5 Å². The van der Waals surface area contributed by atoms with Crippen LogP contribution in [0.15, 0.2) is 21.2 Å². The van der Waals surface area contributed by atoms with Crippen LogP contribution in [0.3, 0.4) is 0 Å². The van der Waals surface area contributed by atoms with Gasteiger partial charge in [0.2, 0.25) is 11.7 Å². The third-order valence-corrected chi connectivity index (χ3v) is 7.62. The number of carbonyl (C=O) groups excluding carboxylic acids is 1. The van der Waals surface area contributed by atoms with Crippen LogP contribution < -0.4 is 5.32 Å². The van der Waals surface area contributed by atoms with Crippen LogP contribution in [0.25, 0.3) is 11.0 Å².